The number of carbonyl (C=O) groups excluding carboxylic acids is 2. The van der Waals surface area contributed by atoms with Crippen molar-refractivity contribution < 1.29 is 14.3 Å². The minimum Gasteiger partial charge on any atom is -0.447 e. The van der Waals surface area contributed by atoms with Crippen LogP contribution in [0.15, 0.2) is 35.8 Å². The first kappa shape index (κ1) is 22.4. The maximum Gasteiger partial charge on any atom is 0.404 e. The highest BCUT2D eigenvalue weighted by Gasteiger charge is 2.25. The predicted octanol–water partition coefficient (Wildman–Crippen LogP) is 3.28. The molecule has 1 aromatic carbocycles. The number of terminal acetylenes is 1. The van der Waals surface area contributed by atoms with Gasteiger partial charge in [0.25, 0.3) is 0 Å². The lowest BCUT2D eigenvalue weighted by Crippen LogP contribution is -2.36. The molecule has 4 N–H and O–H groups in total. The summed E-state index contributed by atoms with van der Waals surface area (Å²) in [5, 5.41) is 12.0. The summed E-state index contributed by atoms with van der Waals surface area (Å²) in [7, 11) is 1.98. The molecule has 33 heavy (non-hydrogen) atoms. The number of primary amides is 1. The molecule has 0 spiro atoms. The number of fused-ring (bicyclic) bond motifs is 1. The maximum absolute atomic E-state index is 12.5. The van der Waals surface area contributed by atoms with Crippen LogP contribution in [0.4, 0.5) is 15.4 Å². The molecule has 10 heteroatoms. The molecule has 0 bridgehead atoms. The van der Waals surface area contributed by atoms with Gasteiger partial charge in [-0.15, -0.1) is 17.8 Å². The largest absolute Gasteiger partial charge is 0.447 e. The van der Waals surface area contributed by atoms with Gasteiger partial charge in [-0.2, -0.15) is 5.10 Å². The van der Waals surface area contributed by atoms with Gasteiger partial charge in [0.1, 0.15) is 12.4 Å². The fraction of sp³-hybridized carbons (Fsp3) is 0.304. The Balaban J connectivity index is 1.49. The number of aromatic nitrogens is 3. The van der Waals surface area contributed by atoms with Gasteiger partial charge in [-0.25, -0.2) is 14.6 Å². The fourth-order valence-electron chi connectivity index (χ4n) is 4.11. The van der Waals surface area contributed by atoms with Crippen molar-refractivity contribution in [3.05, 3.63) is 63.2 Å². The summed E-state index contributed by atoms with van der Waals surface area (Å²) in [6.45, 7) is -0.106. The van der Waals surface area contributed by atoms with E-state index in [1.54, 1.807) is 5.38 Å². The van der Waals surface area contributed by atoms with Gasteiger partial charge in [0.15, 0.2) is 5.01 Å². The number of anilines is 1. The molecule has 0 fully saturated rings. The second kappa shape index (κ2) is 9.75. The van der Waals surface area contributed by atoms with Gasteiger partial charge in [0.2, 0.25) is 0 Å². The molecule has 0 saturated carbocycles. The minimum absolute atomic E-state index is 0.106. The monoisotopic (exact) mass is 464 g/mol. The molecule has 0 saturated heterocycles. The summed E-state index contributed by atoms with van der Waals surface area (Å²) in [6.07, 6.45) is 9.55. The summed E-state index contributed by atoms with van der Waals surface area (Å²) in [4.78, 5) is 27.8. The SMILES string of the molecule is C#Cc1nc(NC(=O)N[C@@H](COC(N)=O)c2ccc(C3CCCc4c3cnn4C)cc2)cs1. The molecular weight excluding hydrogens is 440 g/mol. The molecule has 2 atom stereocenters. The number of urea groups is 1. The predicted molar refractivity (Wildman–Crippen MR) is 125 cm³/mol. The van der Waals surface area contributed by atoms with Crippen LogP contribution in [0.2, 0.25) is 0 Å². The Morgan fingerprint density at radius 1 is 1.39 bits per heavy atom. The lowest BCUT2D eigenvalue weighted by molar-refractivity contribution is 0.144. The molecule has 1 aliphatic carbocycles. The van der Waals surface area contributed by atoms with Crippen molar-refractivity contribution >= 4 is 29.3 Å². The Kier molecular flexibility index (Phi) is 6.60. The molecule has 4 rings (SSSR count). The molecule has 1 unspecified atom stereocenters. The number of hydrogen-bond donors (Lipinski definition) is 3. The summed E-state index contributed by atoms with van der Waals surface area (Å²) in [5.41, 5.74) is 9.63. The number of nitrogens with one attached hydrogen (secondary N) is 2. The van der Waals surface area contributed by atoms with Gasteiger partial charge >= 0.3 is 12.1 Å². The molecule has 2 heterocycles. The summed E-state index contributed by atoms with van der Waals surface area (Å²) in [5.74, 6) is 3.05. The van der Waals surface area contributed by atoms with Gasteiger partial charge in [-0.05, 0) is 36.3 Å². The number of nitrogens with two attached hydrogens (primary N) is 1. The van der Waals surface area contributed by atoms with Crippen molar-refractivity contribution in [1.82, 2.24) is 20.1 Å². The third-order valence-corrected chi connectivity index (χ3v) is 6.46. The number of aryl methyl sites for hydroxylation is 1. The first-order chi connectivity index (χ1) is 15.9. The lowest BCUT2D eigenvalue weighted by atomic mass is 9.82. The zero-order valence-corrected chi connectivity index (χ0v) is 18.9. The van der Waals surface area contributed by atoms with E-state index in [1.807, 2.05) is 42.2 Å². The van der Waals surface area contributed by atoms with Gasteiger partial charge in [0, 0.05) is 29.6 Å². The zero-order valence-electron chi connectivity index (χ0n) is 18.1. The molecule has 3 aromatic rings. The molecule has 0 radical (unpaired) electrons. The Morgan fingerprint density at radius 3 is 2.88 bits per heavy atom. The molecule has 0 aliphatic heterocycles. The average Bonchev–Trinajstić information content (AvgIpc) is 3.43. The Bertz CT molecular complexity index is 1190. The molecule has 9 nitrogen and oxygen atoms in total. The third kappa shape index (κ3) is 5.15. The van der Waals surface area contributed by atoms with Crippen molar-refractivity contribution in [2.75, 3.05) is 11.9 Å². The second-order valence-corrected chi connectivity index (χ2v) is 8.60. The van der Waals surface area contributed by atoms with Crippen LogP contribution < -0.4 is 16.4 Å². The Labute approximate surface area is 195 Å². The van der Waals surface area contributed by atoms with Crippen LogP contribution >= 0.6 is 11.3 Å². The molecule has 2 aromatic heterocycles. The van der Waals surface area contributed by atoms with Crippen LogP contribution in [-0.2, 0) is 18.2 Å². The molecule has 170 valence electrons. The van der Waals surface area contributed by atoms with Crippen LogP contribution in [0.1, 0.15) is 52.2 Å². The number of hydrogen-bond acceptors (Lipinski definition) is 6. The second-order valence-electron chi connectivity index (χ2n) is 7.75. The van der Waals surface area contributed by atoms with E-state index in [0.29, 0.717) is 10.8 Å². The zero-order chi connectivity index (χ0) is 23.4. The van der Waals surface area contributed by atoms with Crippen molar-refractivity contribution in [1.29, 1.82) is 0 Å². The van der Waals surface area contributed by atoms with Gasteiger partial charge < -0.3 is 15.8 Å². The summed E-state index contributed by atoms with van der Waals surface area (Å²) < 4.78 is 6.92. The van der Waals surface area contributed by atoms with Crippen molar-refractivity contribution in [3.8, 4) is 12.3 Å². The van der Waals surface area contributed by atoms with Crippen molar-refractivity contribution in [2.45, 2.75) is 31.2 Å². The van der Waals surface area contributed by atoms with Crippen molar-refractivity contribution in [2.24, 2.45) is 12.8 Å². The number of amides is 3. The van der Waals surface area contributed by atoms with Crippen LogP contribution in [-0.4, -0.2) is 33.5 Å². The quantitative estimate of drug-likeness (QED) is 0.483. The summed E-state index contributed by atoms with van der Waals surface area (Å²) in [6, 6.07) is 6.83. The number of benzene rings is 1. The number of carbonyl (C=O) groups is 2. The van der Waals surface area contributed by atoms with E-state index in [-0.39, 0.29) is 12.5 Å². The van der Waals surface area contributed by atoms with Crippen LogP contribution in [0.3, 0.4) is 0 Å². The average molecular weight is 465 g/mol. The lowest BCUT2D eigenvalue weighted by Gasteiger charge is -2.24. The first-order valence-electron chi connectivity index (χ1n) is 10.5. The van der Waals surface area contributed by atoms with E-state index < -0.39 is 18.2 Å². The minimum atomic E-state index is -0.914. The topological polar surface area (TPSA) is 124 Å². The Hall–Kier alpha value is -3.84. The van der Waals surface area contributed by atoms with E-state index in [0.717, 1.165) is 24.8 Å². The summed E-state index contributed by atoms with van der Waals surface area (Å²) >= 11 is 1.25. The Morgan fingerprint density at radius 2 is 2.18 bits per heavy atom. The highest BCUT2D eigenvalue weighted by Crippen LogP contribution is 2.36. The van der Waals surface area contributed by atoms with E-state index in [9.17, 15) is 9.59 Å². The number of rotatable bonds is 6. The molecule has 3 amide bonds. The van der Waals surface area contributed by atoms with Crippen LogP contribution in [0, 0.1) is 12.3 Å². The normalized spacial score (nSPS) is 15.7. The first-order valence-corrected chi connectivity index (χ1v) is 11.3. The maximum atomic E-state index is 12.5. The van der Waals surface area contributed by atoms with Crippen LogP contribution in [0.5, 0.6) is 0 Å². The van der Waals surface area contributed by atoms with Gasteiger partial charge in [0.05, 0.1) is 12.2 Å². The fourth-order valence-corrected chi connectivity index (χ4v) is 4.66. The van der Waals surface area contributed by atoms with Gasteiger partial charge in [-0.1, -0.05) is 24.3 Å². The van der Waals surface area contributed by atoms with Gasteiger partial charge in [-0.3, -0.25) is 10.00 Å². The van der Waals surface area contributed by atoms with E-state index in [1.165, 1.54) is 28.2 Å². The van der Waals surface area contributed by atoms with E-state index >= 15 is 0 Å². The molecule has 1 aliphatic rings. The van der Waals surface area contributed by atoms with E-state index in [4.69, 9.17) is 16.9 Å². The highest BCUT2D eigenvalue weighted by atomic mass is 32.1. The van der Waals surface area contributed by atoms with Crippen LogP contribution in [0.25, 0.3) is 0 Å². The smallest absolute Gasteiger partial charge is 0.404 e. The molecular formula is C23H24N6O3S. The standard InChI is InChI=1S/C23H24N6O3S/c1-3-21-27-20(13-33-21)28-23(31)26-18(12-32-22(24)30)15-9-7-14(8-10-15)16-5-4-6-19-17(16)11-25-29(19)2/h1,7-11,13,16,18H,4-6,12H2,2H3,(H2,24,30)(H2,26,28,31)/t16?,18-/m0/s1. The van der Waals surface area contributed by atoms with Crippen molar-refractivity contribution in [3.63, 3.8) is 0 Å². The number of thiazole rings is 1. The van der Waals surface area contributed by atoms with E-state index in [2.05, 4.69) is 26.6 Å². The highest BCUT2D eigenvalue weighted by molar-refractivity contribution is 7.10. The third-order valence-electron chi connectivity index (χ3n) is 5.68. The number of ether oxygens (including phenoxy) is 1. The number of nitrogens with zero attached hydrogens (tertiary/aromatic N) is 3.